The smallest absolute Gasteiger partial charge is 0.224 e. The summed E-state index contributed by atoms with van der Waals surface area (Å²) in [6.45, 7) is 4.70. The Hall–Kier alpha value is -1.55. The van der Waals surface area contributed by atoms with Gasteiger partial charge in [-0.25, -0.2) is 0 Å². The topological polar surface area (TPSA) is 58.6 Å². The Balaban J connectivity index is 2.39. The van der Waals surface area contributed by atoms with Gasteiger partial charge in [0.2, 0.25) is 5.91 Å². The number of carbonyl (C=O) groups excluding carboxylic acids is 1. The van der Waals surface area contributed by atoms with Gasteiger partial charge in [-0.3, -0.25) is 4.79 Å². The molecule has 4 nitrogen and oxygen atoms in total. The highest BCUT2D eigenvalue weighted by Gasteiger charge is 2.08. The zero-order valence-electron chi connectivity index (χ0n) is 11.7. The molecule has 2 N–H and O–H groups in total. The van der Waals surface area contributed by atoms with E-state index in [0.717, 1.165) is 17.7 Å². The molecule has 0 fully saturated rings. The monoisotopic (exact) mass is 265 g/mol. The first-order chi connectivity index (χ1) is 9.15. The van der Waals surface area contributed by atoms with Crippen LogP contribution in [-0.4, -0.2) is 30.3 Å². The van der Waals surface area contributed by atoms with Crippen LogP contribution in [0, 0.1) is 0 Å². The van der Waals surface area contributed by atoms with E-state index < -0.39 is 0 Å². The molecule has 1 atom stereocenters. The van der Waals surface area contributed by atoms with E-state index in [4.69, 9.17) is 9.84 Å². The second-order valence-corrected chi connectivity index (χ2v) is 4.59. The van der Waals surface area contributed by atoms with E-state index in [0.29, 0.717) is 19.4 Å². The molecule has 4 heteroatoms. The lowest BCUT2D eigenvalue weighted by molar-refractivity contribution is -0.121. The third kappa shape index (κ3) is 6.25. The van der Waals surface area contributed by atoms with Gasteiger partial charge in [0.15, 0.2) is 0 Å². The minimum atomic E-state index is 0.00889. The molecule has 19 heavy (non-hydrogen) atoms. The van der Waals surface area contributed by atoms with Crippen LogP contribution in [0.15, 0.2) is 24.3 Å². The molecule has 0 aliphatic heterocycles. The highest BCUT2D eigenvalue weighted by Crippen LogP contribution is 2.12. The summed E-state index contributed by atoms with van der Waals surface area (Å²) >= 11 is 0. The zero-order chi connectivity index (χ0) is 14.1. The van der Waals surface area contributed by atoms with Gasteiger partial charge in [-0.05, 0) is 44.4 Å². The van der Waals surface area contributed by atoms with Crippen molar-refractivity contribution in [2.75, 3.05) is 13.2 Å². The van der Waals surface area contributed by atoms with Crippen molar-refractivity contribution in [3.05, 3.63) is 29.8 Å². The van der Waals surface area contributed by atoms with E-state index in [-0.39, 0.29) is 18.6 Å². The molecular weight excluding hydrogens is 242 g/mol. The SMILES string of the molecule is CCOc1ccc(CC(=O)NC(C)CCCO)cc1. The van der Waals surface area contributed by atoms with Gasteiger partial charge in [0.05, 0.1) is 13.0 Å². The number of hydrogen-bond acceptors (Lipinski definition) is 3. The third-order valence-corrected chi connectivity index (χ3v) is 2.80. The Morgan fingerprint density at radius 3 is 2.63 bits per heavy atom. The molecular formula is C15H23NO3. The van der Waals surface area contributed by atoms with Gasteiger partial charge in [0.1, 0.15) is 5.75 Å². The molecule has 0 saturated heterocycles. The molecule has 1 rings (SSSR count). The Bertz CT molecular complexity index is 375. The lowest BCUT2D eigenvalue weighted by atomic mass is 10.1. The van der Waals surface area contributed by atoms with Crippen molar-refractivity contribution < 1.29 is 14.6 Å². The number of benzene rings is 1. The lowest BCUT2D eigenvalue weighted by Gasteiger charge is -2.13. The van der Waals surface area contributed by atoms with Crippen molar-refractivity contribution >= 4 is 5.91 Å². The molecule has 0 aliphatic carbocycles. The quantitative estimate of drug-likeness (QED) is 0.755. The van der Waals surface area contributed by atoms with Crippen molar-refractivity contribution in [2.24, 2.45) is 0 Å². The van der Waals surface area contributed by atoms with E-state index in [1.165, 1.54) is 0 Å². The minimum absolute atomic E-state index is 0.00889. The van der Waals surface area contributed by atoms with Crippen LogP contribution in [0.3, 0.4) is 0 Å². The van der Waals surface area contributed by atoms with Crippen molar-refractivity contribution in [3.8, 4) is 5.75 Å². The van der Waals surface area contributed by atoms with E-state index in [1.54, 1.807) is 0 Å². The van der Waals surface area contributed by atoms with Gasteiger partial charge in [-0.2, -0.15) is 0 Å². The molecule has 0 saturated carbocycles. The van der Waals surface area contributed by atoms with E-state index >= 15 is 0 Å². The molecule has 0 aromatic heterocycles. The summed E-state index contributed by atoms with van der Waals surface area (Å²) in [6, 6.07) is 7.66. The maximum Gasteiger partial charge on any atom is 0.224 e. The fourth-order valence-corrected chi connectivity index (χ4v) is 1.85. The van der Waals surface area contributed by atoms with Crippen molar-refractivity contribution in [1.29, 1.82) is 0 Å². The molecule has 1 amide bonds. The highest BCUT2D eigenvalue weighted by atomic mass is 16.5. The summed E-state index contributed by atoms with van der Waals surface area (Å²) in [4.78, 5) is 11.8. The van der Waals surface area contributed by atoms with Crippen molar-refractivity contribution in [1.82, 2.24) is 5.32 Å². The minimum Gasteiger partial charge on any atom is -0.494 e. The first kappa shape index (κ1) is 15.5. The molecule has 0 heterocycles. The first-order valence-corrected chi connectivity index (χ1v) is 6.77. The molecule has 1 unspecified atom stereocenters. The summed E-state index contributed by atoms with van der Waals surface area (Å²) in [6.07, 6.45) is 1.88. The molecule has 0 bridgehead atoms. The Kier molecular flexibility index (Phi) is 6.97. The lowest BCUT2D eigenvalue weighted by Crippen LogP contribution is -2.33. The predicted octanol–water partition coefficient (Wildman–Crippen LogP) is 1.90. The fraction of sp³-hybridized carbons (Fsp3) is 0.533. The number of amides is 1. The van der Waals surface area contributed by atoms with Crippen molar-refractivity contribution in [2.45, 2.75) is 39.2 Å². The molecule has 106 valence electrons. The van der Waals surface area contributed by atoms with Crippen LogP contribution in [0.5, 0.6) is 5.75 Å². The number of aliphatic hydroxyl groups excluding tert-OH is 1. The molecule has 0 spiro atoms. The Morgan fingerprint density at radius 2 is 2.05 bits per heavy atom. The van der Waals surface area contributed by atoms with Crippen LogP contribution in [0.2, 0.25) is 0 Å². The third-order valence-electron chi connectivity index (χ3n) is 2.80. The van der Waals surface area contributed by atoms with Gasteiger partial charge in [0.25, 0.3) is 0 Å². The van der Waals surface area contributed by atoms with Gasteiger partial charge >= 0.3 is 0 Å². The van der Waals surface area contributed by atoms with Crippen LogP contribution in [-0.2, 0) is 11.2 Å². The van der Waals surface area contributed by atoms with Crippen LogP contribution in [0.1, 0.15) is 32.3 Å². The maximum absolute atomic E-state index is 11.8. The van der Waals surface area contributed by atoms with Crippen LogP contribution in [0.4, 0.5) is 0 Å². The summed E-state index contributed by atoms with van der Waals surface area (Å²) in [5.41, 5.74) is 0.968. The van der Waals surface area contributed by atoms with Gasteiger partial charge in [-0.1, -0.05) is 12.1 Å². The second kappa shape index (κ2) is 8.53. The summed E-state index contributed by atoms with van der Waals surface area (Å²) in [5.74, 6) is 0.831. The number of nitrogens with one attached hydrogen (secondary N) is 1. The number of ether oxygens (including phenoxy) is 1. The van der Waals surface area contributed by atoms with E-state index in [1.807, 2.05) is 38.1 Å². The number of rotatable bonds is 8. The van der Waals surface area contributed by atoms with Crippen LogP contribution < -0.4 is 10.1 Å². The number of aliphatic hydroxyl groups is 1. The normalized spacial score (nSPS) is 11.9. The first-order valence-electron chi connectivity index (χ1n) is 6.77. The Morgan fingerprint density at radius 1 is 1.37 bits per heavy atom. The van der Waals surface area contributed by atoms with Gasteiger partial charge in [0, 0.05) is 12.6 Å². The van der Waals surface area contributed by atoms with Gasteiger partial charge < -0.3 is 15.2 Å². The Labute approximate surface area is 114 Å². The van der Waals surface area contributed by atoms with Gasteiger partial charge in [-0.15, -0.1) is 0 Å². The molecule has 1 aromatic rings. The standard InChI is InChI=1S/C15H23NO3/c1-3-19-14-8-6-13(7-9-14)11-15(18)16-12(2)5-4-10-17/h6-9,12,17H,3-5,10-11H2,1-2H3,(H,16,18). The molecule has 0 radical (unpaired) electrons. The zero-order valence-corrected chi connectivity index (χ0v) is 11.7. The molecule has 1 aromatic carbocycles. The predicted molar refractivity (Wildman–Crippen MR) is 75.2 cm³/mol. The average molecular weight is 265 g/mol. The summed E-state index contributed by atoms with van der Waals surface area (Å²) in [7, 11) is 0. The largest absolute Gasteiger partial charge is 0.494 e. The van der Waals surface area contributed by atoms with Crippen molar-refractivity contribution in [3.63, 3.8) is 0 Å². The fourth-order valence-electron chi connectivity index (χ4n) is 1.85. The second-order valence-electron chi connectivity index (χ2n) is 4.59. The van der Waals surface area contributed by atoms with Crippen LogP contribution in [0.25, 0.3) is 0 Å². The highest BCUT2D eigenvalue weighted by molar-refractivity contribution is 5.78. The van der Waals surface area contributed by atoms with E-state index in [2.05, 4.69) is 5.32 Å². The number of hydrogen-bond donors (Lipinski definition) is 2. The summed E-state index contributed by atoms with van der Waals surface area (Å²) < 4.78 is 5.35. The number of carbonyl (C=O) groups is 1. The van der Waals surface area contributed by atoms with Crippen LogP contribution >= 0.6 is 0 Å². The average Bonchev–Trinajstić information content (AvgIpc) is 2.39. The maximum atomic E-state index is 11.8. The molecule has 0 aliphatic rings. The van der Waals surface area contributed by atoms with E-state index in [9.17, 15) is 4.79 Å². The summed E-state index contributed by atoms with van der Waals surface area (Å²) in [5, 5.41) is 11.7.